The van der Waals surface area contributed by atoms with Crippen molar-refractivity contribution < 1.29 is 9.53 Å². The number of anilines is 1. The van der Waals surface area contributed by atoms with Crippen LogP contribution in [0.4, 0.5) is 5.69 Å². The maximum atomic E-state index is 13.1. The van der Waals surface area contributed by atoms with E-state index in [1.807, 2.05) is 36.1 Å². The van der Waals surface area contributed by atoms with E-state index >= 15 is 0 Å². The molecule has 27 heavy (non-hydrogen) atoms. The molecule has 1 N–H and O–H groups in total. The Hall–Kier alpha value is -3.43. The second kappa shape index (κ2) is 7.06. The molecule has 0 saturated carbocycles. The Morgan fingerprint density at radius 3 is 2.89 bits per heavy atom. The Bertz CT molecular complexity index is 923. The van der Waals surface area contributed by atoms with Crippen LogP contribution in [0.25, 0.3) is 5.82 Å². The fourth-order valence-electron chi connectivity index (χ4n) is 3.40. The number of hydrogen-bond donors (Lipinski definition) is 1. The van der Waals surface area contributed by atoms with E-state index < -0.39 is 0 Å². The van der Waals surface area contributed by atoms with Crippen LogP contribution in [0.2, 0.25) is 0 Å². The number of para-hydroxylation sites is 2. The number of aromatic amines is 1. The first-order chi connectivity index (χ1) is 13.2. The smallest absolute Gasteiger partial charge is 0.259 e. The summed E-state index contributed by atoms with van der Waals surface area (Å²) in [6.07, 6.45) is 2.94. The van der Waals surface area contributed by atoms with E-state index in [-0.39, 0.29) is 11.9 Å². The second-order valence-corrected chi connectivity index (χ2v) is 6.35. The molecule has 1 aromatic carbocycles. The van der Waals surface area contributed by atoms with Crippen molar-refractivity contribution in [3.05, 3.63) is 42.4 Å². The minimum absolute atomic E-state index is 0.0211. The van der Waals surface area contributed by atoms with Crippen LogP contribution >= 0.6 is 0 Å². The average molecular weight is 368 g/mol. The van der Waals surface area contributed by atoms with E-state index in [0.717, 1.165) is 11.4 Å². The highest BCUT2D eigenvalue weighted by Gasteiger charge is 2.31. The minimum Gasteiger partial charge on any atom is -0.495 e. The lowest BCUT2D eigenvalue weighted by atomic mass is 10.1. The molecule has 4 rings (SSSR count). The molecule has 2 aromatic heterocycles. The normalized spacial score (nSPS) is 17.2. The van der Waals surface area contributed by atoms with Crippen molar-refractivity contribution in [2.45, 2.75) is 13.0 Å². The Labute approximate surface area is 155 Å². The first-order valence-corrected chi connectivity index (χ1v) is 8.64. The average Bonchev–Trinajstić information content (AvgIpc) is 3.38. The predicted octanol–water partition coefficient (Wildman–Crippen LogP) is 0.745. The summed E-state index contributed by atoms with van der Waals surface area (Å²) in [6.45, 7) is 4.06. The van der Waals surface area contributed by atoms with Gasteiger partial charge in [0.2, 0.25) is 0 Å². The topological polar surface area (TPSA) is 105 Å². The molecule has 1 saturated heterocycles. The zero-order chi connectivity index (χ0) is 18.8. The highest BCUT2D eigenvalue weighted by Crippen LogP contribution is 2.30. The molecule has 0 aliphatic carbocycles. The first-order valence-electron chi connectivity index (χ1n) is 8.64. The number of nitrogens with one attached hydrogen (secondary N) is 1. The molecule has 1 amide bonds. The van der Waals surface area contributed by atoms with Crippen LogP contribution in [-0.2, 0) is 0 Å². The molecule has 1 fully saturated rings. The minimum atomic E-state index is -0.0959. The zero-order valence-corrected chi connectivity index (χ0v) is 15.1. The van der Waals surface area contributed by atoms with Crippen molar-refractivity contribution in [2.75, 3.05) is 31.6 Å². The number of amides is 1. The van der Waals surface area contributed by atoms with Gasteiger partial charge >= 0.3 is 0 Å². The Morgan fingerprint density at radius 1 is 1.30 bits per heavy atom. The van der Waals surface area contributed by atoms with Gasteiger partial charge in [-0.2, -0.15) is 9.78 Å². The molecular formula is C17H20N8O2. The van der Waals surface area contributed by atoms with E-state index in [4.69, 9.17) is 4.74 Å². The molecule has 0 spiro atoms. The first kappa shape index (κ1) is 17.0. The van der Waals surface area contributed by atoms with E-state index in [2.05, 4.69) is 30.6 Å². The second-order valence-electron chi connectivity index (χ2n) is 6.35. The van der Waals surface area contributed by atoms with Crippen molar-refractivity contribution in [1.82, 2.24) is 35.3 Å². The van der Waals surface area contributed by atoms with Gasteiger partial charge in [-0.3, -0.25) is 9.89 Å². The molecule has 1 aliphatic rings. The van der Waals surface area contributed by atoms with Gasteiger partial charge in [0.25, 0.3) is 5.91 Å². The van der Waals surface area contributed by atoms with Gasteiger partial charge in [0.15, 0.2) is 5.82 Å². The number of carbonyl (C=O) groups excluding carboxylic acids is 1. The van der Waals surface area contributed by atoms with Gasteiger partial charge in [-0.15, -0.1) is 5.10 Å². The van der Waals surface area contributed by atoms with Gasteiger partial charge in [0, 0.05) is 25.7 Å². The number of benzene rings is 1. The van der Waals surface area contributed by atoms with Crippen LogP contribution in [0.15, 0.2) is 36.8 Å². The van der Waals surface area contributed by atoms with E-state index in [1.54, 1.807) is 7.11 Å². The van der Waals surface area contributed by atoms with Crippen LogP contribution in [0, 0.1) is 0 Å². The maximum absolute atomic E-state index is 13.1. The number of rotatable bonds is 4. The molecular weight excluding hydrogens is 348 g/mol. The lowest BCUT2D eigenvalue weighted by Crippen LogP contribution is -2.54. The van der Waals surface area contributed by atoms with Crippen LogP contribution < -0.4 is 9.64 Å². The molecule has 3 heterocycles. The van der Waals surface area contributed by atoms with Gasteiger partial charge < -0.3 is 14.5 Å². The number of hydrogen-bond acceptors (Lipinski definition) is 7. The van der Waals surface area contributed by atoms with Crippen molar-refractivity contribution in [3.63, 3.8) is 0 Å². The molecule has 10 heteroatoms. The highest BCUT2D eigenvalue weighted by atomic mass is 16.5. The lowest BCUT2D eigenvalue weighted by molar-refractivity contribution is 0.0674. The van der Waals surface area contributed by atoms with Crippen LogP contribution in [0.3, 0.4) is 0 Å². The maximum Gasteiger partial charge on any atom is 0.259 e. The third-order valence-corrected chi connectivity index (χ3v) is 4.74. The summed E-state index contributed by atoms with van der Waals surface area (Å²) in [4.78, 5) is 17.2. The monoisotopic (exact) mass is 368 g/mol. The molecule has 3 aromatic rings. The summed E-state index contributed by atoms with van der Waals surface area (Å²) in [5.74, 6) is 1.20. The Balaban J connectivity index is 1.53. The lowest BCUT2D eigenvalue weighted by Gasteiger charge is -2.41. The summed E-state index contributed by atoms with van der Waals surface area (Å²) < 4.78 is 6.87. The Morgan fingerprint density at radius 2 is 2.15 bits per heavy atom. The largest absolute Gasteiger partial charge is 0.495 e. The summed E-state index contributed by atoms with van der Waals surface area (Å²) in [6, 6.07) is 7.94. The third-order valence-electron chi connectivity index (χ3n) is 4.74. The number of methoxy groups -OCH3 is 1. The summed E-state index contributed by atoms with van der Waals surface area (Å²) in [7, 11) is 1.67. The van der Waals surface area contributed by atoms with Crippen LogP contribution in [-0.4, -0.2) is 74.0 Å². The van der Waals surface area contributed by atoms with Crippen molar-refractivity contribution in [1.29, 1.82) is 0 Å². The van der Waals surface area contributed by atoms with Crippen molar-refractivity contribution >= 4 is 11.6 Å². The molecule has 0 bridgehead atoms. The third kappa shape index (κ3) is 3.09. The number of aromatic nitrogens is 6. The quantitative estimate of drug-likeness (QED) is 0.724. The van der Waals surface area contributed by atoms with Gasteiger partial charge in [-0.05, 0) is 29.5 Å². The number of H-pyrrole nitrogens is 1. The van der Waals surface area contributed by atoms with Crippen LogP contribution in [0.1, 0.15) is 17.3 Å². The molecule has 140 valence electrons. The SMILES string of the molecule is COc1ccccc1N1CCN(C(=O)c2cn[nH]c2-n2cnnn2)C(C)C1. The van der Waals surface area contributed by atoms with Gasteiger partial charge in [-0.1, -0.05) is 12.1 Å². The predicted molar refractivity (Wildman–Crippen MR) is 97.0 cm³/mol. The fourth-order valence-corrected chi connectivity index (χ4v) is 3.40. The van der Waals surface area contributed by atoms with Gasteiger partial charge in [0.1, 0.15) is 17.6 Å². The summed E-state index contributed by atoms with van der Waals surface area (Å²) >= 11 is 0. The molecule has 0 radical (unpaired) electrons. The number of nitrogens with zero attached hydrogens (tertiary/aromatic N) is 7. The number of piperazine rings is 1. The fraction of sp³-hybridized carbons (Fsp3) is 0.353. The summed E-state index contributed by atoms with van der Waals surface area (Å²) in [5.41, 5.74) is 1.48. The number of tetrazole rings is 1. The molecule has 1 atom stereocenters. The van der Waals surface area contributed by atoms with Gasteiger partial charge in [0.05, 0.1) is 19.0 Å². The Kier molecular flexibility index (Phi) is 4.45. The van der Waals surface area contributed by atoms with Crippen molar-refractivity contribution in [2.24, 2.45) is 0 Å². The van der Waals surface area contributed by atoms with E-state index in [1.165, 1.54) is 17.2 Å². The zero-order valence-electron chi connectivity index (χ0n) is 15.1. The van der Waals surface area contributed by atoms with Gasteiger partial charge in [-0.25, -0.2) is 0 Å². The summed E-state index contributed by atoms with van der Waals surface area (Å²) in [5, 5.41) is 17.8. The molecule has 1 unspecified atom stereocenters. The van der Waals surface area contributed by atoms with Crippen molar-refractivity contribution in [3.8, 4) is 11.6 Å². The number of carbonyl (C=O) groups is 1. The van der Waals surface area contributed by atoms with E-state index in [9.17, 15) is 4.79 Å². The van der Waals surface area contributed by atoms with Crippen LogP contribution in [0.5, 0.6) is 5.75 Å². The highest BCUT2D eigenvalue weighted by molar-refractivity contribution is 5.97. The van der Waals surface area contributed by atoms with E-state index in [0.29, 0.717) is 31.0 Å². The standard InChI is InChI=1S/C17H20N8O2/c1-12-10-23(14-5-3-4-6-15(14)27-2)7-8-24(12)17(26)13-9-18-20-16(13)25-11-19-21-22-25/h3-6,9,11-12H,7-8,10H2,1-2H3,(H,18,20). The molecule has 1 aliphatic heterocycles. The number of ether oxygens (including phenoxy) is 1. The molecule has 10 nitrogen and oxygen atoms in total.